The van der Waals surface area contributed by atoms with E-state index in [1.165, 1.54) is 0 Å². The lowest BCUT2D eigenvalue weighted by molar-refractivity contribution is 0.922. The number of aromatic nitrogens is 2. The van der Waals surface area contributed by atoms with Gasteiger partial charge < -0.3 is 4.98 Å². The van der Waals surface area contributed by atoms with Crippen molar-refractivity contribution in [2.24, 2.45) is 0 Å². The van der Waals surface area contributed by atoms with E-state index in [1.807, 2.05) is 12.1 Å². The van der Waals surface area contributed by atoms with Crippen molar-refractivity contribution in [3.8, 4) is 0 Å². The summed E-state index contributed by atoms with van der Waals surface area (Å²) < 4.78 is 0. The minimum absolute atomic E-state index is 0.336. The fourth-order valence-electron chi connectivity index (χ4n) is 1.66. The lowest BCUT2D eigenvalue weighted by atomic mass is 10.1. The first-order valence-corrected chi connectivity index (χ1v) is 4.96. The molecule has 0 saturated carbocycles. The van der Waals surface area contributed by atoms with E-state index in [4.69, 9.17) is 0 Å². The highest BCUT2D eigenvalue weighted by Crippen LogP contribution is 2.10. The van der Waals surface area contributed by atoms with Crippen LogP contribution in [0.15, 0.2) is 27.8 Å². The molecule has 4 heteroatoms. The Bertz CT molecular complexity index is 595. The Morgan fingerprint density at radius 3 is 2.73 bits per heavy atom. The second-order valence-electron chi connectivity index (χ2n) is 3.54. The summed E-state index contributed by atoms with van der Waals surface area (Å²) in [6.07, 6.45) is 1.99. The molecule has 1 aromatic carbocycles. The number of H-pyrrole nitrogens is 2. The van der Waals surface area contributed by atoms with Crippen LogP contribution in [0.4, 0.5) is 0 Å². The normalized spacial score (nSPS) is 10.7. The molecule has 2 N–H and O–H groups in total. The zero-order valence-electron chi connectivity index (χ0n) is 8.46. The Morgan fingerprint density at radius 2 is 2.00 bits per heavy atom. The molecule has 15 heavy (non-hydrogen) atoms. The number of rotatable bonds is 2. The maximum atomic E-state index is 11.4. The number of fused-ring (bicyclic) bond motifs is 1. The van der Waals surface area contributed by atoms with E-state index in [9.17, 15) is 9.59 Å². The Balaban J connectivity index is 2.71. The summed E-state index contributed by atoms with van der Waals surface area (Å²) in [5.74, 6) is 0. The lowest BCUT2D eigenvalue weighted by Gasteiger charge is -2.00. The number of hydrogen-bond donors (Lipinski definition) is 2. The summed E-state index contributed by atoms with van der Waals surface area (Å²) in [6, 6.07) is 5.52. The van der Waals surface area contributed by atoms with Crippen molar-refractivity contribution in [1.29, 1.82) is 0 Å². The predicted molar refractivity (Wildman–Crippen MR) is 59.2 cm³/mol. The van der Waals surface area contributed by atoms with Crippen LogP contribution in [0.25, 0.3) is 10.9 Å². The molecule has 78 valence electrons. The molecule has 0 aliphatic heterocycles. The molecule has 4 nitrogen and oxygen atoms in total. The van der Waals surface area contributed by atoms with Gasteiger partial charge in [0.25, 0.3) is 5.56 Å². The van der Waals surface area contributed by atoms with Crippen molar-refractivity contribution in [2.45, 2.75) is 19.8 Å². The molecule has 1 aromatic heterocycles. The zero-order valence-corrected chi connectivity index (χ0v) is 8.46. The Morgan fingerprint density at radius 1 is 1.20 bits per heavy atom. The fourth-order valence-corrected chi connectivity index (χ4v) is 1.66. The SMILES string of the molecule is CCCc1ccc2c(=O)[nH]c(=O)[nH]c2c1. The van der Waals surface area contributed by atoms with Gasteiger partial charge in [-0.3, -0.25) is 9.78 Å². The van der Waals surface area contributed by atoms with Crippen molar-refractivity contribution >= 4 is 10.9 Å². The first kappa shape index (κ1) is 9.71. The van der Waals surface area contributed by atoms with Crippen LogP contribution in [0.2, 0.25) is 0 Å². The third kappa shape index (κ3) is 1.83. The van der Waals surface area contributed by atoms with E-state index in [2.05, 4.69) is 16.9 Å². The van der Waals surface area contributed by atoms with Gasteiger partial charge in [0.15, 0.2) is 0 Å². The molecule has 0 fully saturated rings. The molecule has 0 spiro atoms. The lowest BCUT2D eigenvalue weighted by Crippen LogP contribution is -2.21. The fraction of sp³-hybridized carbons (Fsp3) is 0.273. The first-order chi connectivity index (χ1) is 7.20. The highest BCUT2D eigenvalue weighted by molar-refractivity contribution is 5.77. The van der Waals surface area contributed by atoms with E-state index < -0.39 is 5.69 Å². The minimum Gasteiger partial charge on any atom is -0.307 e. The van der Waals surface area contributed by atoms with Crippen molar-refractivity contribution in [3.05, 3.63) is 44.6 Å². The molecular weight excluding hydrogens is 192 g/mol. The Labute approximate surface area is 86.0 Å². The van der Waals surface area contributed by atoms with Crippen LogP contribution in [0.1, 0.15) is 18.9 Å². The van der Waals surface area contributed by atoms with Crippen LogP contribution in [0.3, 0.4) is 0 Å². The monoisotopic (exact) mass is 204 g/mol. The van der Waals surface area contributed by atoms with Crippen LogP contribution < -0.4 is 11.2 Å². The Hall–Kier alpha value is -1.84. The molecule has 0 atom stereocenters. The number of nitrogens with one attached hydrogen (secondary N) is 2. The van der Waals surface area contributed by atoms with E-state index >= 15 is 0 Å². The molecule has 0 amide bonds. The van der Waals surface area contributed by atoms with Crippen LogP contribution in [-0.4, -0.2) is 9.97 Å². The second-order valence-corrected chi connectivity index (χ2v) is 3.54. The molecule has 2 rings (SSSR count). The van der Waals surface area contributed by atoms with Crippen molar-refractivity contribution in [2.75, 3.05) is 0 Å². The summed E-state index contributed by atoms with van der Waals surface area (Å²) in [5, 5.41) is 0.523. The van der Waals surface area contributed by atoms with E-state index in [-0.39, 0.29) is 5.56 Å². The zero-order chi connectivity index (χ0) is 10.8. The van der Waals surface area contributed by atoms with Gasteiger partial charge >= 0.3 is 5.69 Å². The Kier molecular flexibility index (Phi) is 2.41. The molecular formula is C11H12N2O2. The van der Waals surface area contributed by atoms with Gasteiger partial charge in [-0.15, -0.1) is 0 Å². The third-order valence-corrected chi connectivity index (χ3v) is 2.34. The number of aryl methyl sites for hydroxylation is 1. The van der Waals surface area contributed by atoms with Gasteiger partial charge in [-0.05, 0) is 24.1 Å². The van der Waals surface area contributed by atoms with Gasteiger partial charge in [0, 0.05) is 0 Å². The van der Waals surface area contributed by atoms with Gasteiger partial charge in [-0.1, -0.05) is 19.4 Å². The summed E-state index contributed by atoms with van der Waals surface area (Å²) in [7, 11) is 0. The average Bonchev–Trinajstić information content (AvgIpc) is 2.17. The standard InChI is InChI=1S/C11H12N2O2/c1-2-3-7-4-5-8-9(6-7)12-11(15)13-10(8)14/h4-6H,2-3H2,1H3,(H2,12,13,14,15). The third-order valence-electron chi connectivity index (χ3n) is 2.34. The summed E-state index contributed by atoms with van der Waals surface area (Å²) in [5.41, 5.74) is 0.943. The van der Waals surface area contributed by atoms with Crippen LogP contribution in [-0.2, 0) is 6.42 Å². The second kappa shape index (κ2) is 3.73. The first-order valence-electron chi connectivity index (χ1n) is 4.96. The highest BCUT2D eigenvalue weighted by atomic mass is 16.2. The smallest absolute Gasteiger partial charge is 0.307 e. The van der Waals surface area contributed by atoms with Crippen molar-refractivity contribution in [1.82, 2.24) is 9.97 Å². The van der Waals surface area contributed by atoms with Crippen LogP contribution >= 0.6 is 0 Å². The quantitative estimate of drug-likeness (QED) is 0.771. The molecule has 2 aromatic rings. The molecule has 0 aliphatic carbocycles. The van der Waals surface area contributed by atoms with Gasteiger partial charge in [0.2, 0.25) is 0 Å². The van der Waals surface area contributed by atoms with Crippen molar-refractivity contribution in [3.63, 3.8) is 0 Å². The summed E-state index contributed by atoms with van der Waals surface area (Å²) in [6.45, 7) is 2.09. The maximum absolute atomic E-state index is 11.4. The molecule has 1 heterocycles. The molecule has 0 saturated heterocycles. The maximum Gasteiger partial charge on any atom is 0.326 e. The van der Waals surface area contributed by atoms with E-state index in [0.29, 0.717) is 10.9 Å². The molecule has 0 unspecified atom stereocenters. The summed E-state index contributed by atoms with van der Waals surface area (Å²) >= 11 is 0. The highest BCUT2D eigenvalue weighted by Gasteiger charge is 2.01. The van der Waals surface area contributed by atoms with Gasteiger partial charge in [-0.2, -0.15) is 0 Å². The van der Waals surface area contributed by atoms with E-state index in [0.717, 1.165) is 18.4 Å². The topological polar surface area (TPSA) is 65.7 Å². The molecule has 0 aliphatic rings. The number of aromatic amines is 2. The van der Waals surface area contributed by atoms with Gasteiger partial charge in [-0.25, -0.2) is 4.79 Å². The summed E-state index contributed by atoms with van der Waals surface area (Å²) in [4.78, 5) is 27.3. The number of hydrogen-bond acceptors (Lipinski definition) is 2. The van der Waals surface area contributed by atoms with Crippen molar-refractivity contribution < 1.29 is 0 Å². The van der Waals surface area contributed by atoms with Crippen LogP contribution in [0.5, 0.6) is 0 Å². The van der Waals surface area contributed by atoms with Crippen LogP contribution in [0, 0.1) is 0 Å². The molecule has 0 bridgehead atoms. The minimum atomic E-state index is -0.457. The largest absolute Gasteiger partial charge is 0.326 e. The van der Waals surface area contributed by atoms with Gasteiger partial charge in [0.05, 0.1) is 10.9 Å². The van der Waals surface area contributed by atoms with E-state index in [1.54, 1.807) is 6.07 Å². The molecule has 0 radical (unpaired) electrons. The average molecular weight is 204 g/mol. The van der Waals surface area contributed by atoms with Gasteiger partial charge in [0.1, 0.15) is 0 Å². The predicted octanol–water partition coefficient (Wildman–Crippen LogP) is 1.17. The number of benzene rings is 1.